The highest BCUT2D eigenvalue weighted by Gasteiger charge is 2.32. The average molecular weight is 557 g/mol. The Kier molecular flexibility index (Phi) is 7.39. The minimum absolute atomic E-state index is 0.0389. The van der Waals surface area contributed by atoms with Crippen LogP contribution in [0.25, 0.3) is 11.3 Å². The number of carbonyl (C=O) groups excluding carboxylic acids is 1. The normalized spacial score (nSPS) is 19.6. The molecule has 2 aliphatic rings. The molecule has 1 fully saturated rings. The quantitative estimate of drug-likeness (QED) is 0.322. The number of ketones is 1. The largest absolute Gasteiger partial charge is 0.418 e. The summed E-state index contributed by atoms with van der Waals surface area (Å²) in [5, 5.41) is 15.6. The van der Waals surface area contributed by atoms with Gasteiger partial charge in [0.2, 0.25) is 17.6 Å². The molecule has 2 unspecified atom stereocenters. The minimum Gasteiger partial charge on any atom is -0.418 e. The van der Waals surface area contributed by atoms with Crippen LogP contribution in [0.15, 0.2) is 47.3 Å². The highest BCUT2D eigenvalue weighted by molar-refractivity contribution is 5.92. The Hall–Kier alpha value is -3.96. The summed E-state index contributed by atoms with van der Waals surface area (Å²) in [4.78, 5) is 25.0. The van der Waals surface area contributed by atoms with Crippen molar-refractivity contribution in [2.45, 2.75) is 64.0 Å². The van der Waals surface area contributed by atoms with Crippen LogP contribution < -0.4 is 5.32 Å². The van der Waals surface area contributed by atoms with Crippen molar-refractivity contribution >= 4 is 17.4 Å². The molecule has 0 aliphatic carbocycles. The van der Waals surface area contributed by atoms with E-state index in [4.69, 9.17) is 14.1 Å². The number of nitrogens with zero attached hydrogens (tertiary/aromatic N) is 7. The molecule has 11 heteroatoms. The number of fused-ring (bicyclic) bond motifs is 1. The molecule has 6 rings (SSSR count). The van der Waals surface area contributed by atoms with Crippen molar-refractivity contribution in [2.24, 2.45) is 7.05 Å². The Bertz CT molecular complexity index is 1530. The number of hydrogen-bond donors (Lipinski definition) is 1. The maximum absolute atomic E-state index is 13.3. The lowest BCUT2D eigenvalue weighted by Gasteiger charge is -2.26. The Morgan fingerprint density at radius 3 is 2.78 bits per heavy atom. The Labute approximate surface area is 239 Å². The molecule has 11 nitrogen and oxygen atoms in total. The van der Waals surface area contributed by atoms with Crippen LogP contribution in [0.1, 0.15) is 73.7 Å². The summed E-state index contributed by atoms with van der Waals surface area (Å²) in [5.41, 5.74) is 4.72. The number of anilines is 2. The molecule has 1 saturated heterocycles. The number of ether oxygens (including phenoxy) is 1. The molecule has 41 heavy (non-hydrogen) atoms. The van der Waals surface area contributed by atoms with Crippen LogP contribution in [0, 0.1) is 0 Å². The predicted molar refractivity (Wildman–Crippen MR) is 153 cm³/mol. The molecule has 2 atom stereocenters. The van der Waals surface area contributed by atoms with Gasteiger partial charge in [0.05, 0.1) is 24.2 Å². The molecule has 0 bridgehead atoms. The Morgan fingerprint density at radius 1 is 1.17 bits per heavy atom. The SMILES string of the molecule is Cn1cc(Nc2nccc(-c3ccc4c(c3)CN(C3CCOC3)CCC4CC(=O)c3nnc(C(C)(C)C)o3)n2)cn1. The van der Waals surface area contributed by atoms with Crippen LogP contribution in [0.5, 0.6) is 0 Å². The zero-order valence-electron chi connectivity index (χ0n) is 24.0. The summed E-state index contributed by atoms with van der Waals surface area (Å²) in [5.74, 6) is 0.993. The van der Waals surface area contributed by atoms with Crippen molar-refractivity contribution in [3.05, 3.63) is 65.8 Å². The zero-order chi connectivity index (χ0) is 28.6. The summed E-state index contributed by atoms with van der Waals surface area (Å²) >= 11 is 0. The number of Topliss-reactive ketones (excluding diaryl/α,β-unsaturated/α-hetero) is 1. The Morgan fingerprint density at radius 2 is 2.05 bits per heavy atom. The molecule has 4 aromatic rings. The minimum atomic E-state index is -0.310. The predicted octanol–water partition coefficient (Wildman–Crippen LogP) is 4.65. The maximum atomic E-state index is 13.3. The second kappa shape index (κ2) is 11.1. The third kappa shape index (κ3) is 6.06. The van der Waals surface area contributed by atoms with Gasteiger partial charge in [-0.3, -0.25) is 14.4 Å². The summed E-state index contributed by atoms with van der Waals surface area (Å²) in [6.07, 6.45) is 7.57. The first-order valence-corrected chi connectivity index (χ1v) is 14.1. The van der Waals surface area contributed by atoms with Gasteiger partial charge in [0.25, 0.3) is 5.89 Å². The van der Waals surface area contributed by atoms with Gasteiger partial charge in [-0.2, -0.15) is 5.10 Å². The second-order valence-corrected chi connectivity index (χ2v) is 12.0. The fourth-order valence-electron chi connectivity index (χ4n) is 5.55. The highest BCUT2D eigenvalue weighted by atomic mass is 16.5. The first kappa shape index (κ1) is 27.2. The first-order valence-electron chi connectivity index (χ1n) is 14.1. The molecular weight excluding hydrogens is 520 g/mol. The fourth-order valence-corrected chi connectivity index (χ4v) is 5.55. The van der Waals surface area contributed by atoms with E-state index in [9.17, 15) is 4.79 Å². The van der Waals surface area contributed by atoms with Gasteiger partial charge in [-0.1, -0.05) is 32.9 Å². The van der Waals surface area contributed by atoms with E-state index >= 15 is 0 Å². The van der Waals surface area contributed by atoms with Crippen LogP contribution in [-0.2, 0) is 23.7 Å². The van der Waals surface area contributed by atoms with Crippen molar-refractivity contribution in [3.8, 4) is 11.3 Å². The molecule has 214 valence electrons. The van der Waals surface area contributed by atoms with Crippen LogP contribution >= 0.6 is 0 Å². The molecule has 2 aliphatic heterocycles. The highest BCUT2D eigenvalue weighted by Crippen LogP contribution is 2.36. The lowest BCUT2D eigenvalue weighted by Crippen LogP contribution is -2.35. The van der Waals surface area contributed by atoms with Crippen molar-refractivity contribution in [1.82, 2.24) is 34.8 Å². The molecule has 0 amide bonds. The summed E-state index contributed by atoms with van der Waals surface area (Å²) in [6, 6.07) is 8.74. The molecule has 0 spiro atoms. The third-order valence-electron chi connectivity index (χ3n) is 7.79. The number of aromatic nitrogens is 6. The monoisotopic (exact) mass is 556 g/mol. The van der Waals surface area contributed by atoms with Gasteiger partial charge < -0.3 is 14.5 Å². The van der Waals surface area contributed by atoms with E-state index in [1.807, 2.05) is 40.1 Å². The molecule has 0 saturated carbocycles. The van der Waals surface area contributed by atoms with Crippen LogP contribution in [0.3, 0.4) is 0 Å². The second-order valence-electron chi connectivity index (χ2n) is 12.0. The first-order chi connectivity index (χ1) is 19.7. The van der Waals surface area contributed by atoms with E-state index in [1.54, 1.807) is 17.1 Å². The van der Waals surface area contributed by atoms with E-state index in [-0.39, 0.29) is 23.0 Å². The van der Waals surface area contributed by atoms with Crippen LogP contribution in [-0.4, -0.2) is 66.4 Å². The summed E-state index contributed by atoms with van der Waals surface area (Å²) < 4.78 is 13.2. The molecule has 1 N–H and O–H groups in total. The van der Waals surface area contributed by atoms with E-state index in [2.05, 4.69) is 48.7 Å². The topological polar surface area (TPSA) is 124 Å². The number of aryl methyl sites for hydroxylation is 1. The smallest absolute Gasteiger partial charge is 0.284 e. The van der Waals surface area contributed by atoms with Gasteiger partial charge in [0.1, 0.15) is 0 Å². The standard InChI is InChI=1S/C30H36N8O3/c1-30(2,3)28-36-35-27(41-28)26(39)14-19-8-11-38(23-9-12-40-18-23)16-21-13-20(5-6-24(19)21)25-7-10-31-29(34-25)33-22-15-32-37(4)17-22/h5-7,10,13,15,17,19,23H,8-9,11-12,14,16,18H2,1-4H3,(H,31,33,34). The van der Waals surface area contributed by atoms with E-state index in [0.29, 0.717) is 24.3 Å². The van der Waals surface area contributed by atoms with Gasteiger partial charge in [-0.05, 0) is 48.6 Å². The van der Waals surface area contributed by atoms with Gasteiger partial charge >= 0.3 is 0 Å². The van der Waals surface area contributed by atoms with Crippen LogP contribution in [0.4, 0.5) is 11.6 Å². The van der Waals surface area contributed by atoms with E-state index in [0.717, 1.165) is 56.1 Å². The number of hydrogen-bond acceptors (Lipinski definition) is 10. The summed E-state index contributed by atoms with van der Waals surface area (Å²) in [7, 11) is 1.87. The number of nitrogens with one attached hydrogen (secondary N) is 1. The number of carbonyl (C=O) groups is 1. The van der Waals surface area contributed by atoms with Crippen molar-refractivity contribution in [1.29, 1.82) is 0 Å². The number of rotatable bonds is 7. The van der Waals surface area contributed by atoms with Gasteiger partial charge in [-0.15, -0.1) is 10.2 Å². The van der Waals surface area contributed by atoms with E-state index < -0.39 is 0 Å². The van der Waals surface area contributed by atoms with Crippen molar-refractivity contribution < 1.29 is 13.9 Å². The molecular formula is C30H36N8O3. The zero-order valence-corrected chi connectivity index (χ0v) is 24.0. The van der Waals surface area contributed by atoms with Crippen molar-refractivity contribution in [2.75, 3.05) is 25.1 Å². The number of benzene rings is 1. The summed E-state index contributed by atoms with van der Waals surface area (Å²) in [6.45, 7) is 9.19. The lowest BCUT2D eigenvalue weighted by atomic mass is 9.87. The lowest BCUT2D eigenvalue weighted by molar-refractivity contribution is 0.0931. The molecule has 3 aromatic heterocycles. The Balaban J connectivity index is 1.28. The van der Waals surface area contributed by atoms with Gasteiger partial charge in [0, 0.05) is 56.0 Å². The van der Waals surface area contributed by atoms with Crippen LogP contribution in [0.2, 0.25) is 0 Å². The fraction of sp³-hybridized carbons (Fsp3) is 0.467. The van der Waals surface area contributed by atoms with E-state index in [1.165, 1.54) is 11.1 Å². The molecule has 5 heterocycles. The maximum Gasteiger partial charge on any atom is 0.284 e. The molecule has 0 radical (unpaired) electrons. The van der Waals surface area contributed by atoms with Gasteiger partial charge in [-0.25, -0.2) is 9.97 Å². The third-order valence-corrected chi connectivity index (χ3v) is 7.79. The van der Waals surface area contributed by atoms with Gasteiger partial charge in [0.15, 0.2) is 0 Å². The van der Waals surface area contributed by atoms with Crippen molar-refractivity contribution in [3.63, 3.8) is 0 Å². The average Bonchev–Trinajstić information content (AvgIpc) is 3.71. The molecule has 1 aromatic carbocycles.